The van der Waals surface area contributed by atoms with Crippen molar-refractivity contribution in [1.82, 2.24) is 10.2 Å². The number of hydrogen-bond acceptors (Lipinski definition) is 4. The second-order valence-electron chi connectivity index (χ2n) is 6.56. The van der Waals surface area contributed by atoms with Crippen molar-refractivity contribution in [2.24, 2.45) is 0 Å². The van der Waals surface area contributed by atoms with Gasteiger partial charge in [-0.05, 0) is 40.7 Å². The summed E-state index contributed by atoms with van der Waals surface area (Å²) in [6, 6.07) is 0. The first-order valence-electron chi connectivity index (χ1n) is 6.78. The van der Waals surface area contributed by atoms with E-state index in [1.165, 1.54) is 0 Å². The molecule has 1 N–H and O–H groups in total. The minimum absolute atomic E-state index is 0.103. The highest BCUT2D eigenvalue weighted by Gasteiger charge is 2.37. The van der Waals surface area contributed by atoms with Crippen molar-refractivity contribution in [3.8, 4) is 0 Å². The van der Waals surface area contributed by atoms with Gasteiger partial charge in [0.15, 0.2) is 0 Å². The number of nitrogens with zero attached hydrogens (tertiary/aromatic N) is 1. The van der Waals surface area contributed by atoms with Crippen LogP contribution in [0.4, 0.5) is 0 Å². The number of nitrogens with one attached hydrogen (secondary N) is 1. The third kappa shape index (κ3) is 4.52. The molecule has 0 amide bonds. The zero-order valence-corrected chi connectivity index (χ0v) is 13.2. The first-order valence-corrected chi connectivity index (χ1v) is 8.61. The van der Waals surface area contributed by atoms with Crippen molar-refractivity contribution >= 4 is 9.84 Å². The monoisotopic (exact) mass is 276 g/mol. The average molecular weight is 276 g/mol. The van der Waals surface area contributed by atoms with E-state index in [0.717, 1.165) is 26.1 Å². The predicted octanol–water partition coefficient (Wildman–Crippen LogP) is 1.27. The molecule has 0 aromatic rings. The number of sulfone groups is 1. The summed E-state index contributed by atoms with van der Waals surface area (Å²) in [7, 11) is -2.83. The Hall–Kier alpha value is -0.130. The topological polar surface area (TPSA) is 49.4 Å². The Morgan fingerprint density at radius 3 is 2.39 bits per heavy atom. The molecule has 0 aliphatic carbocycles. The van der Waals surface area contributed by atoms with Crippen molar-refractivity contribution in [1.29, 1.82) is 0 Å². The van der Waals surface area contributed by atoms with Gasteiger partial charge in [0.05, 0.1) is 5.75 Å². The van der Waals surface area contributed by atoms with Gasteiger partial charge in [0, 0.05) is 29.9 Å². The van der Waals surface area contributed by atoms with Crippen LogP contribution in [0.15, 0.2) is 0 Å². The molecule has 0 bridgehead atoms. The van der Waals surface area contributed by atoms with Gasteiger partial charge in [0.2, 0.25) is 0 Å². The molecule has 18 heavy (non-hydrogen) atoms. The third-order valence-corrected chi connectivity index (χ3v) is 5.56. The fraction of sp³-hybridized carbons (Fsp3) is 1.00. The smallest absolute Gasteiger partial charge is 0.150 e. The van der Waals surface area contributed by atoms with E-state index in [9.17, 15) is 8.42 Å². The van der Waals surface area contributed by atoms with Crippen molar-refractivity contribution in [3.63, 3.8) is 0 Å². The van der Waals surface area contributed by atoms with Crippen LogP contribution in [0.3, 0.4) is 0 Å². The van der Waals surface area contributed by atoms with E-state index in [1.807, 2.05) is 0 Å². The SMILES string of the molecule is CCS(=O)(=O)CCCN1CC(C)(C)NCC1(C)C. The van der Waals surface area contributed by atoms with Gasteiger partial charge < -0.3 is 5.32 Å². The molecule has 1 heterocycles. The first-order chi connectivity index (χ1) is 8.08. The maximum absolute atomic E-state index is 11.5. The van der Waals surface area contributed by atoms with Crippen molar-refractivity contribution in [2.45, 2.75) is 52.1 Å². The fourth-order valence-corrected chi connectivity index (χ4v) is 3.17. The Morgan fingerprint density at radius 1 is 1.22 bits per heavy atom. The Bertz CT molecular complexity index is 374. The number of hydrogen-bond donors (Lipinski definition) is 1. The molecule has 1 aliphatic rings. The second kappa shape index (κ2) is 5.47. The summed E-state index contributed by atoms with van der Waals surface area (Å²) in [5, 5.41) is 3.54. The summed E-state index contributed by atoms with van der Waals surface area (Å²) >= 11 is 0. The summed E-state index contributed by atoms with van der Waals surface area (Å²) in [6.07, 6.45) is 0.732. The van der Waals surface area contributed by atoms with Crippen LogP contribution in [-0.4, -0.2) is 55.5 Å². The molecular formula is C13H28N2O2S. The summed E-state index contributed by atoms with van der Waals surface area (Å²) in [6.45, 7) is 13.3. The molecule has 4 nitrogen and oxygen atoms in total. The molecule has 0 unspecified atom stereocenters. The molecule has 1 fully saturated rings. The lowest BCUT2D eigenvalue weighted by Gasteiger charge is -2.49. The Morgan fingerprint density at radius 2 is 1.83 bits per heavy atom. The van der Waals surface area contributed by atoms with Crippen LogP contribution in [0.25, 0.3) is 0 Å². The minimum atomic E-state index is -2.83. The highest BCUT2D eigenvalue weighted by Crippen LogP contribution is 2.23. The summed E-state index contributed by atoms with van der Waals surface area (Å²) in [5.74, 6) is 0.563. The van der Waals surface area contributed by atoms with Crippen molar-refractivity contribution in [3.05, 3.63) is 0 Å². The molecule has 0 saturated carbocycles. The highest BCUT2D eigenvalue weighted by molar-refractivity contribution is 7.91. The lowest BCUT2D eigenvalue weighted by Crippen LogP contribution is -2.66. The van der Waals surface area contributed by atoms with Crippen molar-refractivity contribution in [2.75, 3.05) is 31.1 Å². The number of rotatable bonds is 5. The summed E-state index contributed by atoms with van der Waals surface area (Å²) in [4.78, 5) is 2.41. The zero-order chi connectivity index (χ0) is 14.0. The van der Waals surface area contributed by atoms with Gasteiger partial charge in [-0.1, -0.05) is 6.92 Å². The summed E-state index contributed by atoms with van der Waals surface area (Å²) < 4.78 is 23.0. The normalized spacial score (nSPS) is 24.1. The highest BCUT2D eigenvalue weighted by atomic mass is 32.2. The average Bonchev–Trinajstić information content (AvgIpc) is 2.24. The predicted molar refractivity (Wildman–Crippen MR) is 76.7 cm³/mol. The molecule has 1 aliphatic heterocycles. The quantitative estimate of drug-likeness (QED) is 0.822. The number of piperazine rings is 1. The molecule has 1 rings (SSSR count). The van der Waals surface area contributed by atoms with Gasteiger partial charge in [-0.15, -0.1) is 0 Å². The zero-order valence-electron chi connectivity index (χ0n) is 12.4. The van der Waals surface area contributed by atoms with Gasteiger partial charge in [0.1, 0.15) is 9.84 Å². The van der Waals surface area contributed by atoms with E-state index >= 15 is 0 Å². The van der Waals surface area contributed by atoms with Gasteiger partial charge >= 0.3 is 0 Å². The Kier molecular flexibility index (Phi) is 4.84. The molecule has 0 atom stereocenters. The van der Waals surface area contributed by atoms with Crippen LogP contribution < -0.4 is 5.32 Å². The second-order valence-corrected chi connectivity index (χ2v) is 9.03. The lowest BCUT2D eigenvalue weighted by atomic mass is 9.91. The van der Waals surface area contributed by atoms with Gasteiger partial charge in [-0.3, -0.25) is 4.90 Å². The Balaban J connectivity index is 2.53. The van der Waals surface area contributed by atoms with E-state index < -0.39 is 9.84 Å². The van der Waals surface area contributed by atoms with Gasteiger partial charge in [-0.25, -0.2) is 8.42 Å². The van der Waals surface area contributed by atoms with E-state index in [2.05, 4.69) is 37.9 Å². The standard InChI is InChI=1S/C13H28N2O2S/c1-6-18(16,17)9-7-8-15-11-12(2,3)14-10-13(15,4)5/h14H,6-11H2,1-5H3. The summed E-state index contributed by atoms with van der Waals surface area (Å²) in [5.41, 5.74) is 0.213. The molecular weight excluding hydrogens is 248 g/mol. The van der Waals surface area contributed by atoms with E-state index in [0.29, 0.717) is 5.75 Å². The van der Waals surface area contributed by atoms with Gasteiger partial charge in [-0.2, -0.15) is 0 Å². The molecule has 0 radical (unpaired) electrons. The first kappa shape index (κ1) is 15.9. The molecule has 0 aromatic heterocycles. The van der Waals surface area contributed by atoms with Crippen LogP contribution in [-0.2, 0) is 9.84 Å². The fourth-order valence-electron chi connectivity index (χ4n) is 2.32. The lowest BCUT2D eigenvalue weighted by molar-refractivity contribution is 0.0397. The largest absolute Gasteiger partial charge is 0.309 e. The molecule has 5 heteroatoms. The van der Waals surface area contributed by atoms with Crippen LogP contribution in [0.5, 0.6) is 0 Å². The van der Waals surface area contributed by atoms with E-state index in [1.54, 1.807) is 6.92 Å². The third-order valence-electron chi connectivity index (χ3n) is 3.76. The van der Waals surface area contributed by atoms with Crippen LogP contribution in [0, 0.1) is 0 Å². The van der Waals surface area contributed by atoms with E-state index in [4.69, 9.17) is 0 Å². The maximum Gasteiger partial charge on any atom is 0.150 e. The van der Waals surface area contributed by atoms with Crippen LogP contribution in [0.1, 0.15) is 41.0 Å². The van der Waals surface area contributed by atoms with E-state index in [-0.39, 0.29) is 16.8 Å². The molecule has 0 spiro atoms. The molecule has 1 saturated heterocycles. The van der Waals surface area contributed by atoms with Crippen LogP contribution in [0.2, 0.25) is 0 Å². The molecule has 108 valence electrons. The molecule has 0 aromatic carbocycles. The van der Waals surface area contributed by atoms with Gasteiger partial charge in [0.25, 0.3) is 0 Å². The van der Waals surface area contributed by atoms with Crippen molar-refractivity contribution < 1.29 is 8.42 Å². The minimum Gasteiger partial charge on any atom is -0.309 e. The van der Waals surface area contributed by atoms with Crippen LogP contribution >= 0.6 is 0 Å². The maximum atomic E-state index is 11.5. The Labute approximate surface area is 112 Å².